The summed E-state index contributed by atoms with van der Waals surface area (Å²) in [6, 6.07) is 1.68. The number of ether oxygens (including phenoxy) is 1. The molecule has 0 aromatic carbocycles. The summed E-state index contributed by atoms with van der Waals surface area (Å²) in [6.45, 7) is 3.92. The van der Waals surface area contributed by atoms with E-state index in [2.05, 4.69) is 4.98 Å². The van der Waals surface area contributed by atoms with Crippen LogP contribution in [-0.2, 0) is 4.74 Å². The van der Waals surface area contributed by atoms with E-state index < -0.39 is 5.97 Å². The smallest absolute Gasteiger partial charge is 0.358 e. The van der Waals surface area contributed by atoms with Crippen molar-refractivity contribution in [3.63, 3.8) is 0 Å². The number of nitrogens with zero attached hydrogens (tertiary/aromatic N) is 1. The van der Waals surface area contributed by atoms with Gasteiger partial charge in [-0.2, -0.15) is 0 Å². The Hall–Kier alpha value is -1.09. The Balaban J connectivity index is 2.95. The highest BCUT2D eigenvalue weighted by atomic mass is 35.5. The Labute approximate surface area is 81.7 Å². The highest BCUT2D eigenvalue weighted by Crippen LogP contribution is 2.15. The van der Waals surface area contributed by atoms with Crippen molar-refractivity contribution in [1.82, 2.24) is 4.98 Å². The Morgan fingerprint density at radius 2 is 2.38 bits per heavy atom. The molecule has 0 spiro atoms. The fourth-order valence-corrected chi connectivity index (χ4v) is 1.18. The topological polar surface area (TPSA) is 39.2 Å². The molecule has 0 radical (unpaired) electrons. The molecule has 0 fully saturated rings. The van der Waals surface area contributed by atoms with Crippen LogP contribution in [0.4, 0.5) is 0 Å². The van der Waals surface area contributed by atoms with Gasteiger partial charge in [0.2, 0.25) is 0 Å². The van der Waals surface area contributed by atoms with E-state index in [0.29, 0.717) is 11.6 Å². The van der Waals surface area contributed by atoms with Crippen LogP contribution in [0.5, 0.6) is 0 Å². The number of aromatic nitrogens is 1. The highest BCUT2D eigenvalue weighted by molar-refractivity contribution is 6.33. The molecule has 0 unspecified atom stereocenters. The first kappa shape index (κ1) is 9.99. The number of halogens is 1. The molecule has 0 saturated heterocycles. The number of carbonyl (C=O) groups excluding carboxylic acids is 1. The molecule has 1 heterocycles. The second-order valence-corrected chi connectivity index (χ2v) is 2.97. The maximum atomic E-state index is 11.2. The third kappa shape index (κ3) is 2.42. The van der Waals surface area contributed by atoms with Crippen molar-refractivity contribution in [3.05, 3.63) is 28.5 Å². The van der Waals surface area contributed by atoms with Crippen LogP contribution < -0.4 is 0 Å². The van der Waals surface area contributed by atoms with Gasteiger partial charge in [-0.3, -0.25) is 0 Å². The number of pyridine rings is 1. The minimum Gasteiger partial charge on any atom is -0.461 e. The number of aryl methyl sites for hydroxylation is 1. The lowest BCUT2D eigenvalue weighted by Crippen LogP contribution is -2.07. The van der Waals surface area contributed by atoms with Crippen molar-refractivity contribution in [2.75, 3.05) is 6.61 Å². The minimum atomic E-state index is -0.479. The maximum Gasteiger partial charge on any atom is 0.358 e. The molecule has 0 atom stereocenters. The van der Waals surface area contributed by atoms with Gasteiger partial charge in [0.15, 0.2) is 5.69 Å². The first-order chi connectivity index (χ1) is 6.15. The zero-order chi connectivity index (χ0) is 9.84. The van der Waals surface area contributed by atoms with Crippen molar-refractivity contribution < 1.29 is 9.53 Å². The molecule has 0 saturated carbocycles. The first-order valence-corrected chi connectivity index (χ1v) is 4.32. The second-order valence-electron chi connectivity index (χ2n) is 2.56. The molecule has 0 aliphatic carbocycles. The van der Waals surface area contributed by atoms with Gasteiger partial charge in [-0.15, -0.1) is 0 Å². The van der Waals surface area contributed by atoms with E-state index >= 15 is 0 Å². The molecule has 1 aromatic heterocycles. The monoisotopic (exact) mass is 199 g/mol. The van der Waals surface area contributed by atoms with Gasteiger partial charge in [0.05, 0.1) is 11.6 Å². The standard InChI is InChI=1S/C9H10ClNO2/c1-3-13-9(12)8-7(10)4-6(2)5-11-8/h4-5H,3H2,1-2H3. The van der Waals surface area contributed by atoms with Crippen molar-refractivity contribution in [2.45, 2.75) is 13.8 Å². The Kier molecular flexibility index (Phi) is 3.25. The molecular weight excluding hydrogens is 190 g/mol. The molecule has 3 nitrogen and oxygen atoms in total. The Morgan fingerprint density at radius 1 is 1.69 bits per heavy atom. The molecule has 13 heavy (non-hydrogen) atoms. The van der Waals surface area contributed by atoms with Crippen LogP contribution in [0.2, 0.25) is 5.02 Å². The first-order valence-electron chi connectivity index (χ1n) is 3.94. The van der Waals surface area contributed by atoms with Crippen LogP contribution in [0.25, 0.3) is 0 Å². The van der Waals surface area contributed by atoms with Crippen molar-refractivity contribution in [2.24, 2.45) is 0 Å². The van der Waals surface area contributed by atoms with E-state index in [1.54, 1.807) is 19.2 Å². The summed E-state index contributed by atoms with van der Waals surface area (Å²) >= 11 is 5.80. The fraction of sp³-hybridized carbons (Fsp3) is 0.333. The third-order valence-corrected chi connectivity index (χ3v) is 1.73. The summed E-state index contributed by atoms with van der Waals surface area (Å²) in [5.74, 6) is -0.479. The average Bonchev–Trinajstić information content (AvgIpc) is 2.04. The molecule has 1 aromatic rings. The zero-order valence-electron chi connectivity index (χ0n) is 7.50. The molecule has 0 bridgehead atoms. The molecule has 4 heteroatoms. The zero-order valence-corrected chi connectivity index (χ0v) is 8.26. The predicted octanol–water partition coefficient (Wildman–Crippen LogP) is 2.22. The molecular formula is C9H10ClNO2. The lowest BCUT2D eigenvalue weighted by atomic mass is 10.3. The molecule has 1 rings (SSSR count). The van der Waals surface area contributed by atoms with E-state index in [0.717, 1.165) is 5.56 Å². The van der Waals surface area contributed by atoms with Crippen LogP contribution in [0.1, 0.15) is 23.0 Å². The number of hydrogen-bond acceptors (Lipinski definition) is 3. The van der Waals surface area contributed by atoms with Gasteiger partial charge in [-0.1, -0.05) is 11.6 Å². The fourth-order valence-electron chi connectivity index (χ4n) is 0.883. The Bertz CT molecular complexity index is 325. The lowest BCUT2D eigenvalue weighted by Gasteiger charge is -2.02. The maximum absolute atomic E-state index is 11.2. The summed E-state index contributed by atoms with van der Waals surface area (Å²) in [5, 5.41) is 0.332. The van der Waals surface area contributed by atoms with E-state index in [-0.39, 0.29) is 5.69 Å². The molecule has 0 aliphatic heterocycles. The number of rotatable bonds is 2. The van der Waals surface area contributed by atoms with Gasteiger partial charge in [-0.25, -0.2) is 9.78 Å². The van der Waals surface area contributed by atoms with E-state index in [1.165, 1.54) is 0 Å². The summed E-state index contributed by atoms with van der Waals surface area (Å²) in [5.41, 5.74) is 1.09. The third-order valence-electron chi connectivity index (χ3n) is 1.45. The highest BCUT2D eigenvalue weighted by Gasteiger charge is 2.12. The van der Waals surface area contributed by atoms with Crippen molar-refractivity contribution in [1.29, 1.82) is 0 Å². The predicted molar refractivity (Wildman–Crippen MR) is 49.9 cm³/mol. The minimum absolute atomic E-state index is 0.175. The van der Waals surface area contributed by atoms with Gasteiger partial charge < -0.3 is 4.74 Å². The van der Waals surface area contributed by atoms with Gasteiger partial charge in [0, 0.05) is 6.20 Å². The SMILES string of the molecule is CCOC(=O)c1ncc(C)cc1Cl. The molecule has 0 amide bonds. The van der Waals surface area contributed by atoms with Gasteiger partial charge in [-0.05, 0) is 25.5 Å². The summed E-state index contributed by atoms with van der Waals surface area (Å²) < 4.78 is 4.76. The normalized spacial score (nSPS) is 9.77. The van der Waals surface area contributed by atoms with Crippen molar-refractivity contribution >= 4 is 17.6 Å². The lowest BCUT2D eigenvalue weighted by molar-refractivity contribution is 0.0519. The van der Waals surface area contributed by atoms with Crippen molar-refractivity contribution in [3.8, 4) is 0 Å². The summed E-state index contributed by atoms with van der Waals surface area (Å²) in [4.78, 5) is 15.1. The van der Waals surface area contributed by atoms with E-state index in [1.807, 2.05) is 6.92 Å². The summed E-state index contributed by atoms with van der Waals surface area (Å²) in [6.07, 6.45) is 1.58. The number of esters is 1. The van der Waals surface area contributed by atoms with Crippen LogP contribution in [0.3, 0.4) is 0 Å². The van der Waals surface area contributed by atoms with Gasteiger partial charge >= 0.3 is 5.97 Å². The largest absolute Gasteiger partial charge is 0.461 e. The molecule has 0 N–H and O–H groups in total. The molecule has 0 aliphatic rings. The van der Waals surface area contributed by atoms with E-state index in [9.17, 15) is 4.79 Å². The Morgan fingerprint density at radius 3 is 2.92 bits per heavy atom. The van der Waals surface area contributed by atoms with Crippen LogP contribution >= 0.6 is 11.6 Å². The van der Waals surface area contributed by atoms with Crippen LogP contribution in [0.15, 0.2) is 12.3 Å². The van der Waals surface area contributed by atoms with Gasteiger partial charge in [0.25, 0.3) is 0 Å². The summed E-state index contributed by atoms with van der Waals surface area (Å²) in [7, 11) is 0. The number of carbonyl (C=O) groups is 1. The molecule has 70 valence electrons. The average molecular weight is 200 g/mol. The van der Waals surface area contributed by atoms with Gasteiger partial charge in [0.1, 0.15) is 0 Å². The quantitative estimate of drug-likeness (QED) is 0.686. The van der Waals surface area contributed by atoms with Crippen LogP contribution in [-0.4, -0.2) is 17.6 Å². The van der Waals surface area contributed by atoms with Crippen LogP contribution in [0, 0.1) is 6.92 Å². The second kappa shape index (κ2) is 4.23. The van der Waals surface area contributed by atoms with E-state index in [4.69, 9.17) is 16.3 Å². The number of hydrogen-bond donors (Lipinski definition) is 0.